The molecule has 1 unspecified atom stereocenters. The molecule has 0 fully saturated rings. The van der Waals surface area contributed by atoms with Crippen molar-refractivity contribution in [2.24, 2.45) is 7.05 Å². The zero-order valence-corrected chi connectivity index (χ0v) is 14.0. The second-order valence-electron chi connectivity index (χ2n) is 6.78. The van der Waals surface area contributed by atoms with E-state index in [1.54, 1.807) is 0 Å². The van der Waals surface area contributed by atoms with Gasteiger partial charge in [-0.2, -0.15) is 0 Å². The molecule has 0 radical (unpaired) electrons. The van der Waals surface area contributed by atoms with Gasteiger partial charge in [0.05, 0.1) is 5.56 Å². The normalized spacial score (nSPS) is 23.0. The lowest BCUT2D eigenvalue weighted by atomic mass is 10.0. The molecule has 1 amide bonds. The monoisotopic (exact) mass is 322 g/mol. The van der Waals surface area contributed by atoms with E-state index >= 15 is 0 Å². The van der Waals surface area contributed by atoms with E-state index < -0.39 is 0 Å². The summed E-state index contributed by atoms with van der Waals surface area (Å²) in [7, 11) is 1.89. The number of allylic oxidation sites excluding steroid dienone is 1. The fraction of sp³-hybridized carbons (Fsp3) is 0.400. The van der Waals surface area contributed by atoms with Gasteiger partial charge in [0.25, 0.3) is 5.91 Å². The van der Waals surface area contributed by atoms with E-state index in [1.807, 2.05) is 40.8 Å². The molecule has 124 valence electrons. The molecule has 0 aliphatic carbocycles. The van der Waals surface area contributed by atoms with Crippen LogP contribution in [0, 0.1) is 0 Å². The lowest BCUT2D eigenvalue weighted by molar-refractivity contribution is 0.0664. The number of amides is 1. The molecule has 1 aromatic carbocycles. The highest BCUT2D eigenvalue weighted by Gasteiger charge is 2.36. The number of benzene rings is 1. The van der Waals surface area contributed by atoms with E-state index in [-0.39, 0.29) is 17.7 Å². The first-order chi connectivity index (χ1) is 11.7. The molecule has 24 heavy (non-hydrogen) atoms. The summed E-state index contributed by atoms with van der Waals surface area (Å²) in [5, 5.41) is 0.900. The first kappa shape index (κ1) is 15.2. The highest BCUT2D eigenvalue weighted by Crippen LogP contribution is 2.32. The fourth-order valence-electron chi connectivity index (χ4n) is 4.06. The molecule has 3 heterocycles. The van der Waals surface area contributed by atoms with Crippen molar-refractivity contribution in [3.63, 3.8) is 0 Å². The largest absolute Gasteiger partial charge is 0.339 e. The maximum atomic E-state index is 13.3. The Morgan fingerprint density at radius 2 is 1.92 bits per heavy atom. The Morgan fingerprint density at radius 3 is 2.79 bits per heavy atom. The Kier molecular flexibility index (Phi) is 3.75. The minimum atomic E-state index is -0.0227. The molecule has 4 nitrogen and oxygen atoms in total. The number of fused-ring (bicyclic) bond motifs is 4. The van der Waals surface area contributed by atoms with Crippen molar-refractivity contribution in [3.8, 4) is 0 Å². The Balaban J connectivity index is 1.88. The van der Waals surface area contributed by atoms with Crippen LogP contribution in [0.5, 0.6) is 0 Å². The molecule has 4 rings (SSSR count). The van der Waals surface area contributed by atoms with Crippen molar-refractivity contribution in [1.82, 2.24) is 9.47 Å². The Bertz CT molecular complexity index is 847. The maximum Gasteiger partial charge on any atom is 0.271 e. The van der Waals surface area contributed by atoms with Gasteiger partial charge in [0.2, 0.25) is 0 Å². The third-order valence-electron chi connectivity index (χ3n) is 5.31. The van der Waals surface area contributed by atoms with Crippen LogP contribution in [0.4, 0.5) is 0 Å². The molecule has 2 aliphatic heterocycles. The molecule has 1 atom stereocenters. The average molecular weight is 322 g/mol. The lowest BCUT2D eigenvalue weighted by Gasteiger charge is -2.29. The Morgan fingerprint density at radius 1 is 1.08 bits per heavy atom. The number of aryl methyl sites for hydroxylation is 1. The predicted molar refractivity (Wildman–Crippen MR) is 94.3 cm³/mol. The molecule has 0 saturated heterocycles. The van der Waals surface area contributed by atoms with Crippen molar-refractivity contribution in [2.75, 3.05) is 6.54 Å². The molecule has 1 aromatic heterocycles. The number of para-hydroxylation sites is 1. The van der Waals surface area contributed by atoms with Crippen LogP contribution in [0.1, 0.15) is 53.0 Å². The number of hydrogen-bond donors (Lipinski definition) is 0. The van der Waals surface area contributed by atoms with Crippen molar-refractivity contribution in [3.05, 3.63) is 47.7 Å². The van der Waals surface area contributed by atoms with Crippen molar-refractivity contribution < 1.29 is 9.59 Å². The van der Waals surface area contributed by atoms with Crippen molar-refractivity contribution >= 4 is 22.6 Å². The molecule has 0 bridgehead atoms. The molecule has 0 N–H and O–H groups in total. The van der Waals surface area contributed by atoms with Crippen LogP contribution in [0.25, 0.3) is 10.9 Å². The topological polar surface area (TPSA) is 42.3 Å². The van der Waals surface area contributed by atoms with Gasteiger partial charge in [-0.25, -0.2) is 0 Å². The van der Waals surface area contributed by atoms with Crippen molar-refractivity contribution in [2.45, 2.75) is 38.1 Å². The third kappa shape index (κ3) is 2.29. The van der Waals surface area contributed by atoms with E-state index in [9.17, 15) is 9.59 Å². The van der Waals surface area contributed by atoms with Crippen LogP contribution >= 0.6 is 0 Å². The summed E-state index contributed by atoms with van der Waals surface area (Å²) in [6, 6.07) is 7.79. The van der Waals surface area contributed by atoms with Gasteiger partial charge in [0, 0.05) is 37.0 Å². The van der Waals surface area contributed by atoms with E-state index in [0.717, 1.165) is 43.1 Å². The average Bonchev–Trinajstić information content (AvgIpc) is 2.89. The summed E-state index contributed by atoms with van der Waals surface area (Å²) in [5.41, 5.74) is 2.13. The lowest BCUT2D eigenvalue weighted by Crippen LogP contribution is -2.40. The number of ketones is 1. The van der Waals surface area contributed by atoms with Gasteiger partial charge in [-0.3, -0.25) is 9.59 Å². The SMILES string of the molecule is Cn1c2c(c3ccccc31)C(=O)CC1C/C=C\CCCCN1C2=O. The van der Waals surface area contributed by atoms with Gasteiger partial charge in [-0.1, -0.05) is 30.4 Å². The summed E-state index contributed by atoms with van der Waals surface area (Å²) in [4.78, 5) is 28.3. The van der Waals surface area contributed by atoms with E-state index in [1.165, 1.54) is 0 Å². The zero-order chi connectivity index (χ0) is 16.7. The molecule has 2 aliphatic rings. The van der Waals surface area contributed by atoms with Gasteiger partial charge < -0.3 is 9.47 Å². The summed E-state index contributed by atoms with van der Waals surface area (Å²) in [6.45, 7) is 0.736. The predicted octanol–water partition coefficient (Wildman–Crippen LogP) is 3.71. The van der Waals surface area contributed by atoms with Crippen LogP contribution < -0.4 is 0 Å². The number of carbonyl (C=O) groups is 2. The van der Waals surface area contributed by atoms with E-state index in [0.29, 0.717) is 17.7 Å². The van der Waals surface area contributed by atoms with Gasteiger partial charge in [0.1, 0.15) is 5.69 Å². The number of aromatic nitrogens is 1. The smallest absolute Gasteiger partial charge is 0.271 e. The zero-order valence-electron chi connectivity index (χ0n) is 14.0. The highest BCUT2D eigenvalue weighted by molar-refractivity contribution is 6.17. The molecular formula is C20H22N2O2. The standard InChI is InChI=1S/C20H22N2O2/c1-21-16-11-7-6-10-15(16)18-17(23)13-14-9-5-3-2-4-8-12-22(14)20(24)19(18)21/h3,5-7,10-11,14H,2,4,8-9,12-13H2,1H3/b5-3-. The molecule has 4 heteroatoms. The van der Waals surface area contributed by atoms with Crippen LogP contribution in [0.15, 0.2) is 36.4 Å². The third-order valence-corrected chi connectivity index (χ3v) is 5.31. The summed E-state index contributed by atoms with van der Waals surface area (Å²) in [6.07, 6.45) is 8.63. The number of Topliss-reactive ketones (excluding diaryl/α,β-unsaturated/α-hetero) is 1. The molecule has 0 saturated carbocycles. The molecule has 2 aromatic rings. The minimum absolute atomic E-state index is 0.00912. The summed E-state index contributed by atoms with van der Waals surface area (Å²) in [5.74, 6) is 0.102. The fourth-order valence-corrected chi connectivity index (χ4v) is 4.06. The van der Waals surface area contributed by atoms with Crippen LogP contribution in [0.2, 0.25) is 0 Å². The second-order valence-corrected chi connectivity index (χ2v) is 6.78. The minimum Gasteiger partial charge on any atom is -0.339 e. The molecular weight excluding hydrogens is 300 g/mol. The number of carbonyl (C=O) groups excluding carboxylic acids is 2. The van der Waals surface area contributed by atoms with Gasteiger partial charge in [0.15, 0.2) is 5.78 Å². The van der Waals surface area contributed by atoms with Gasteiger partial charge in [-0.15, -0.1) is 0 Å². The van der Waals surface area contributed by atoms with Crippen molar-refractivity contribution in [1.29, 1.82) is 0 Å². The van der Waals surface area contributed by atoms with Crippen LogP contribution in [-0.4, -0.2) is 33.7 Å². The maximum absolute atomic E-state index is 13.3. The number of rotatable bonds is 0. The number of nitrogens with zero attached hydrogens (tertiary/aromatic N) is 2. The second kappa shape index (κ2) is 5.93. The van der Waals surface area contributed by atoms with E-state index in [2.05, 4.69) is 12.2 Å². The van der Waals surface area contributed by atoms with Crippen LogP contribution in [-0.2, 0) is 7.05 Å². The molecule has 0 spiro atoms. The van der Waals surface area contributed by atoms with E-state index in [4.69, 9.17) is 0 Å². The number of hydrogen-bond acceptors (Lipinski definition) is 2. The van der Waals surface area contributed by atoms with Gasteiger partial charge in [-0.05, 0) is 31.7 Å². The Labute approximate surface area is 141 Å². The highest BCUT2D eigenvalue weighted by atomic mass is 16.2. The quantitative estimate of drug-likeness (QED) is 0.694. The first-order valence-corrected chi connectivity index (χ1v) is 8.75. The Hall–Kier alpha value is -2.36. The van der Waals surface area contributed by atoms with Crippen LogP contribution in [0.3, 0.4) is 0 Å². The summed E-state index contributed by atoms with van der Waals surface area (Å²) >= 11 is 0. The van der Waals surface area contributed by atoms with Gasteiger partial charge >= 0.3 is 0 Å². The first-order valence-electron chi connectivity index (χ1n) is 8.75. The summed E-state index contributed by atoms with van der Waals surface area (Å²) < 4.78 is 1.90.